The van der Waals surface area contributed by atoms with Gasteiger partial charge < -0.3 is 16.2 Å². The van der Waals surface area contributed by atoms with Crippen LogP contribution in [0.5, 0.6) is 5.75 Å². The topological polar surface area (TPSA) is 74.2 Å². The van der Waals surface area contributed by atoms with Crippen molar-refractivity contribution in [3.05, 3.63) is 17.8 Å². The number of alkyl halides is 3. The van der Waals surface area contributed by atoms with E-state index in [0.717, 1.165) is 12.3 Å². The molecule has 0 aliphatic heterocycles. The molecule has 0 unspecified atom stereocenters. The zero-order valence-electron chi connectivity index (χ0n) is 7.01. The van der Waals surface area contributed by atoms with Gasteiger partial charge in [0, 0.05) is 12.1 Å². The van der Waals surface area contributed by atoms with Gasteiger partial charge in [-0.1, -0.05) is 0 Å². The average Bonchev–Trinajstić information content (AvgIpc) is 2.06. The van der Waals surface area contributed by atoms with Gasteiger partial charge in [-0.05, 0) is 6.07 Å². The molecule has 1 aromatic rings. The Morgan fingerprint density at radius 2 is 2.07 bits per heavy atom. The molecule has 0 atom stereocenters. The van der Waals surface area contributed by atoms with E-state index in [1.807, 2.05) is 0 Å². The maximum atomic E-state index is 11.8. The first kappa shape index (κ1) is 10.6. The van der Waals surface area contributed by atoms with Crippen LogP contribution in [0, 0.1) is 0 Å². The van der Waals surface area contributed by atoms with Gasteiger partial charge >= 0.3 is 6.36 Å². The average molecular weight is 207 g/mol. The molecule has 0 bridgehead atoms. The van der Waals surface area contributed by atoms with Crippen molar-refractivity contribution in [3.63, 3.8) is 0 Å². The highest BCUT2D eigenvalue weighted by molar-refractivity contribution is 5.42. The molecule has 0 amide bonds. The molecule has 1 rings (SSSR count). The zero-order chi connectivity index (χ0) is 10.8. The Morgan fingerprint density at radius 1 is 1.43 bits per heavy atom. The highest BCUT2D eigenvalue weighted by Crippen LogP contribution is 2.24. The predicted octanol–water partition coefficient (Wildman–Crippen LogP) is 1.02. The molecule has 0 fully saturated rings. The van der Waals surface area contributed by atoms with E-state index in [9.17, 15) is 13.2 Å². The molecular formula is C7H8F3N3O. The maximum Gasteiger partial charge on any atom is 0.573 e. The molecule has 0 saturated heterocycles. The highest BCUT2D eigenvalue weighted by Gasteiger charge is 2.31. The lowest BCUT2D eigenvalue weighted by Gasteiger charge is -2.09. The lowest BCUT2D eigenvalue weighted by molar-refractivity contribution is -0.274. The number of hydrogen-bond donors (Lipinski definition) is 2. The van der Waals surface area contributed by atoms with Gasteiger partial charge in [0.05, 0.1) is 6.20 Å². The summed E-state index contributed by atoms with van der Waals surface area (Å²) in [5.74, 6) is -0.325. The molecule has 4 nitrogen and oxygen atoms in total. The molecule has 0 saturated carbocycles. The summed E-state index contributed by atoms with van der Waals surface area (Å²) in [4.78, 5) is 3.51. The third-order valence-corrected chi connectivity index (χ3v) is 1.43. The van der Waals surface area contributed by atoms with Crippen molar-refractivity contribution in [1.29, 1.82) is 0 Å². The van der Waals surface area contributed by atoms with Crippen molar-refractivity contribution in [3.8, 4) is 5.75 Å². The van der Waals surface area contributed by atoms with Crippen LogP contribution >= 0.6 is 0 Å². The second-order valence-corrected chi connectivity index (χ2v) is 2.47. The molecule has 0 spiro atoms. The standard InChI is InChI=1S/C7H8F3N3O/c8-7(9,10)14-5-1-4(2-11)6(12)13-3-5/h1,3H,2,11H2,(H2,12,13). The second-order valence-electron chi connectivity index (χ2n) is 2.47. The summed E-state index contributed by atoms with van der Waals surface area (Å²) in [5.41, 5.74) is 10.9. The summed E-state index contributed by atoms with van der Waals surface area (Å²) in [6.45, 7) is 0.00783. The SMILES string of the molecule is NCc1cc(OC(F)(F)F)cnc1N. The molecule has 0 aromatic carbocycles. The van der Waals surface area contributed by atoms with Crippen molar-refractivity contribution in [2.75, 3.05) is 5.73 Å². The lowest BCUT2D eigenvalue weighted by Crippen LogP contribution is -2.17. The highest BCUT2D eigenvalue weighted by atomic mass is 19.4. The van der Waals surface area contributed by atoms with E-state index >= 15 is 0 Å². The minimum absolute atomic E-state index is 0.00783. The van der Waals surface area contributed by atoms with Gasteiger partial charge in [-0.3, -0.25) is 0 Å². The fraction of sp³-hybridized carbons (Fsp3) is 0.286. The summed E-state index contributed by atoms with van der Waals surface area (Å²) in [5, 5.41) is 0. The number of hydrogen-bond acceptors (Lipinski definition) is 4. The van der Waals surface area contributed by atoms with E-state index < -0.39 is 12.1 Å². The third-order valence-electron chi connectivity index (χ3n) is 1.43. The summed E-state index contributed by atoms with van der Waals surface area (Å²) in [7, 11) is 0. The summed E-state index contributed by atoms with van der Waals surface area (Å²) >= 11 is 0. The van der Waals surface area contributed by atoms with Crippen LogP contribution in [0.2, 0.25) is 0 Å². The number of anilines is 1. The van der Waals surface area contributed by atoms with Gasteiger partial charge in [-0.15, -0.1) is 13.2 Å². The maximum absolute atomic E-state index is 11.8. The van der Waals surface area contributed by atoms with Crippen molar-refractivity contribution < 1.29 is 17.9 Å². The zero-order valence-corrected chi connectivity index (χ0v) is 7.01. The molecular weight excluding hydrogens is 199 g/mol. The molecule has 78 valence electrons. The smallest absolute Gasteiger partial charge is 0.404 e. The molecule has 1 aromatic heterocycles. The molecule has 7 heteroatoms. The molecule has 0 aliphatic rings. The Bertz CT molecular complexity index is 326. The fourth-order valence-electron chi connectivity index (χ4n) is 0.852. The van der Waals surface area contributed by atoms with Crippen LogP contribution in [0.3, 0.4) is 0 Å². The van der Waals surface area contributed by atoms with Crippen LogP contribution in [0.1, 0.15) is 5.56 Å². The lowest BCUT2D eigenvalue weighted by atomic mass is 10.2. The van der Waals surface area contributed by atoms with Gasteiger partial charge in [0.2, 0.25) is 0 Å². The Hall–Kier alpha value is -1.50. The number of halogens is 3. The first-order valence-corrected chi connectivity index (χ1v) is 3.62. The Balaban J connectivity index is 2.90. The third kappa shape index (κ3) is 2.77. The Kier molecular flexibility index (Phi) is 2.80. The largest absolute Gasteiger partial charge is 0.573 e. The summed E-state index contributed by atoms with van der Waals surface area (Å²) < 4.78 is 38.9. The van der Waals surface area contributed by atoms with Crippen molar-refractivity contribution in [2.24, 2.45) is 5.73 Å². The van der Waals surface area contributed by atoms with Gasteiger partial charge in [0.25, 0.3) is 0 Å². The predicted molar refractivity (Wildman–Crippen MR) is 43.2 cm³/mol. The Labute approximate surface area is 77.7 Å². The normalized spacial score (nSPS) is 11.4. The first-order chi connectivity index (χ1) is 6.42. The molecule has 0 radical (unpaired) electrons. The van der Waals surface area contributed by atoms with E-state index in [0.29, 0.717) is 5.56 Å². The van der Waals surface area contributed by atoms with Gasteiger partial charge in [0.1, 0.15) is 11.6 Å². The number of pyridine rings is 1. The van der Waals surface area contributed by atoms with Gasteiger partial charge in [0.15, 0.2) is 0 Å². The minimum atomic E-state index is -4.73. The van der Waals surface area contributed by atoms with Crippen molar-refractivity contribution in [2.45, 2.75) is 12.9 Å². The fourth-order valence-corrected chi connectivity index (χ4v) is 0.852. The summed E-state index contributed by atoms with van der Waals surface area (Å²) in [6, 6.07) is 1.11. The van der Waals surface area contributed by atoms with Crippen LogP contribution in [-0.2, 0) is 6.54 Å². The van der Waals surface area contributed by atoms with E-state index in [-0.39, 0.29) is 12.4 Å². The number of ether oxygens (including phenoxy) is 1. The van der Waals surface area contributed by atoms with Crippen molar-refractivity contribution in [1.82, 2.24) is 4.98 Å². The van der Waals surface area contributed by atoms with Gasteiger partial charge in [-0.25, -0.2) is 4.98 Å². The first-order valence-electron chi connectivity index (χ1n) is 3.62. The number of aromatic nitrogens is 1. The minimum Gasteiger partial charge on any atom is -0.404 e. The number of rotatable bonds is 2. The summed E-state index contributed by atoms with van der Waals surface area (Å²) in [6.07, 6.45) is -3.84. The molecule has 14 heavy (non-hydrogen) atoms. The van der Waals surface area contributed by atoms with Crippen LogP contribution in [0.25, 0.3) is 0 Å². The Morgan fingerprint density at radius 3 is 2.57 bits per heavy atom. The van der Waals surface area contributed by atoms with Crippen LogP contribution in [0.4, 0.5) is 19.0 Å². The quantitative estimate of drug-likeness (QED) is 0.759. The van der Waals surface area contributed by atoms with Crippen LogP contribution in [-0.4, -0.2) is 11.3 Å². The van der Waals surface area contributed by atoms with E-state index in [4.69, 9.17) is 11.5 Å². The second kappa shape index (κ2) is 3.70. The monoisotopic (exact) mass is 207 g/mol. The number of nitrogens with zero attached hydrogens (tertiary/aromatic N) is 1. The van der Waals surface area contributed by atoms with E-state index in [2.05, 4.69) is 9.72 Å². The van der Waals surface area contributed by atoms with Crippen LogP contribution < -0.4 is 16.2 Å². The number of nitrogens with two attached hydrogens (primary N) is 2. The molecule has 4 N–H and O–H groups in total. The molecule has 1 heterocycles. The van der Waals surface area contributed by atoms with Crippen molar-refractivity contribution >= 4 is 5.82 Å². The van der Waals surface area contributed by atoms with E-state index in [1.165, 1.54) is 0 Å². The number of nitrogen functional groups attached to an aromatic ring is 1. The van der Waals surface area contributed by atoms with Gasteiger partial charge in [-0.2, -0.15) is 0 Å². The van der Waals surface area contributed by atoms with Crippen LogP contribution in [0.15, 0.2) is 12.3 Å². The van der Waals surface area contributed by atoms with E-state index in [1.54, 1.807) is 0 Å². The molecule has 0 aliphatic carbocycles.